The lowest BCUT2D eigenvalue weighted by Crippen LogP contribution is -2.48. The van der Waals surface area contributed by atoms with Crippen molar-refractivity contribution in [1.29, 1.82) is 0 Å². The largest absolute Gasteiger partial charge is 0.314 e. The Hall–Kier alpha value is -3.24. The number of likely N-dealkylation sites (tertiary alicyclic amines) is 1. The summed E-state index contributed by atoms with van der Waals surface area (Å²) in [6.07, 6.45) is 2.35. The number of benzene rings is 3. The van der Waals surface area contributed by atoms with Crippen LogP contribution in [0.4, 0.5) is 5.69 Å². The van der Waals surface area contributed by atoms with E-state index >= 15 is 0 Å². The highest BCUT2D eigenvalue weighted by Gasteiger charge is 2.51. The van der Waals surface area contributed by atoms with Gasteiger partial charge in [0.25, 0.3) is 0 Å². The molecule has 0 radical (unpaired) electrons. The lowest BCUT2D eigenvalue weighted by atomic mass is 9.69. The van der Waals surface area contributed by atoms with Gasteiger partial charge in [-0.1, -0.05) is 78.9 Å². The molecule has 0 aromatic heterocycles. The van der Waals surface area contributed by atoms with Crippen LogP contribution in [0.5, 0.6) is 0 Å². The molecule has 0 bridgehead atoms. The van der Waals surface area contributed by atoms with Crippen molar-refractivity contribution in [2.45, 2.75) is 37.0 Å². The molecule has 1 unspecified atom stereocenters. The molecule has 4 nitrogen and oxygen atoms in total. The third-order valence-electron chi connectivity index (χ3n) is 8.17. The van der Waals surface area contributed by atoms with E-state index in [1.54, 1.807) is 6.92 Å². The Morgan fingerprint density at radius 3 is 2.00 bits per heavy atom. The molecule has 1 saturated heterocycles. The summed E-state index contributed by atoms with van der Waals surface area (Å²) in [4.78, 5) is 30.8. The van der Waals surface area contributed by atoms with Crippen molar-refractivity contribution in [2.24, 2.45) is 0 Å². The van der Waals surface area contributed by atoms with E-state index in [2.05, 4.69) is 35.2 Å². The highest BCUT2D eigenvalue weighted by Crippen LogP contribution is 2.48. The Bertz CT molecular complexity index is 1180. The van der Waals surface area contributed by atoms with Crippen molar-refractivity contribution in [3.8, 4) is 0 Å². The SMILES string of the molecule is CC(=O)C1(c2ccccc2)CCN(CCC2(c3ccccc3)C(=O)N(C)c3ccccc32)CC1. The highest BCUT2D eigenvalue weighted by molar-refractivity contribution is 6.10. The summed E-state index contributed by atoms with van der Waals surface area (Å²) in [5.41, 5.74) is 3.19. The second kappa shape index (κ2) is 8.84. The maximum absolute atomic E-state index is 13.8. The number of carbonyl (C=O) groups is 2. The quantitative estimate of drug-likeness (QED) is 0.531. The monoisotopic (exact) mass is 452 g/mol. The normalized spacial score (nSPS) is 21.9. The van der Waals surface area contributed by atoms with Gasteiger partial charge in [0.1, 0.15) is 11.2 Å². The highest BCUT2D eigenvalue weighted by atomic mass is 16.2. The van der Waals surface area contributed by atoms with Crippen LogP contribution in [-0.4, -0.2) is 43.3 Å². The first-order valence-corrected chi connectivity index (χ1v) is 12.2. The zero-order valence-corrected chi connectivity index (χ0v) is 20.0. The Kier molecular flexibility index (Phi) is 5.86. The first-order chi connectivity index (χ1) is 16.5. The molecule has 3 aromatic rings. The number of ketones is 1. The van der Waals surface area contributed by atoms with Gasteiger partial charge in [-0.2, -0.15) is 0 Å². The number of para-hydroxylation sites is 1. The van der Waals surface area contributed by atoms with Gasteiger partial charge in [0.15, 0.2) is 0 Å². The van der Waals surface area contributed by atoms with E-state index in [0.29, 0.717) is 0 Å². The molecule has 2 aliphatic heterocycles. The molecule has 3 aromatic carbocycles. The number of rotatable bonds is 6. The van der Waals surface area contributed by atoms with E-state index in [1.165, 1.54) is 0 Å². The van der Waals surface area contributed by atoms with Gasteiger partial charge in [0.2, 0.25) is 5.91 Å². The summed E-state index contributed by atoms with van der Waals surface area (Å²) in [5.74, 6) is 0.389. The number of fused-ring (bicyclic) bond motifs is 1. The summed E-state index contributed by atoms with van der Waals surface area (Å²) >= 11 is 0. The molecule has 0 N–H and O–H groups in total. The van der Waals surface area contributed by atoms with Crippen LogP contribution in [0.3, 0.4) is 0 Å². The van der Waals surface area contributed by atoms with Gasteiger partial charge in [-0.05, 0) is 68.6 Å². The van der Waals surface area contributed by atoms with Gasteiger partial charge in [-0.15, -0.1) is 0 Å². The van der Waals surface area contributed by atoms with E-state index < -0.39 is 10.8 Å². The minimum Gasteiger partial charge on any atom is -0.314 e. The summed E-state index contributed by atoms with van der Waals surface area (Å²) in [7, 11) is 1.88. The number of hydrogen-bond acceptors (Lipinski definition) is 3. The van der Waals surface area contributed by atoms with Crippen LogP contribution in [0.2, 0.25) is 0 Å². The number of hydrogen-bond donors (Lipinski definition) is 0. The zero-order chi connectivity index (χ0) is 23.8. The second-order valence-corrected chi connectivity index (χ2v) is 9.75. The van der Waals surface area contributed by atoms with Crippen molar-refractivity contribution in [3.63, 3.8) is 0 Å². The number of nitrogens with zero attached hydrogens (tertiary/aromatic N) is 2. The molecule has 34 heavy (non-hydrogen) atoms. The van der Waals surface area contributed by atoms with Crippen LogP contribution >= 0.6 is 0 Å². The molecular formula is C30H32N2O2. The Morgan fingerprint density at radius 1 is 0.824 bits per heavy atom. The minimum atomic E-state index is -0.679. The Labute approximate surface area is 202 Å². The van der Waals surface area contributed by atoms with Crippen LogP contribution in [0.1, 0.15) is 42.9 Å². The van der Waals surface area contributed by atoms with Crippen LogP contribution in [0.15, 0.2) is 84.9 Å². The zero-order valence-electron chi connectivity index (χ0n) is 20.0. The standard InChI is InChI=1S/C30H32N2O2/c1-23(33)29(24-11-5-3-6-12-24)17-20-32(21-18-29)22-19-30(25-13-7-4-8-14-25)26-15-9-10-16-27(26)31(2)28(30)34/h3-16H,17-22H2,1-2H3. The van der Waals surface area contributed by atoms with Gasteiger partial charge in [0.05, 0.1) is 5.41 Å². The van der Waals surface area contributed by atoms with Crippen molar-refractivity contribution in [1.82, 2.24) is 4.90 Å². The summed E-state index contributed by atoms with van der Waals surface area (Å²) in [6, 6.07) is 28.6. The van der Waals surface area contributed by atoms with Crippen LogP contribution in [0, 0.1) is 0 Å². The predicted molar refractivity (Wildman–Crippen MR) is 136 cm³/mol. The van der Waals surface area contributed by atoms with E-state index in [9.17, 15) is 9.59 Å². The Balaban J connectivity index is 1.41. The van der Waals surface area contributed by atoms with Crippen molar-refractivity contribution in [3.05, 3.63) is 102 Å². The molecule has 0 spiro atoms. The molecule has 1 amide bonds. The van der Waals surface area contributed by atoms with Gasteiger partial charge in [0, 0.05) is 12.7 Å². The molecule has 0 aliphatic carbocycles. The van der Waals surface area contributed by atoms with E-state index in [0.717, 1.165) is 61.3 Å². The molecule has 5 rings (SSSR count). The summed E-state index contributed by atoms with van der Waals surface area (Å²) < 4.78 is 0. The average molecular weight is 453 g/mol. The number of piperidine rings is 1. The lowest BCUT2D eigenvalue weighted by molar-refractivity contribution is -0.124. The van der Waals surface area contributed by atoms with Crippen molar-refractivity contribution in [2.75, 3.05) is 31.6 Å². The number of anilines is 1. The van der Waals surface area contributed by atoms with Crippen molar-refractivity contribution < 1.29 is 9.59 Å². The molecule has 1 atom stereocenters. The third kappa shape index (κ3) is 3.48. The molecule has 0 saturated carbocycles. The lowest BCUT2D eigenvalue weighted by Gasteiger charge is -2.41. The fraction of sp³-hybridized carbons (Fsp3) is 0.333. The van der Waals surface area contributed by atoms with Gasteiger partial charge >= 0.3 is 0 Å². The smallest absolute Gasteiger partial charge is 0.241 e. The first-order valence-electron chi connectivity index (χ1n) is 12.2. The van der Waals surface area contributed by atoms with Crippen LogP contribution in [0.25, 0.3) is 0 Å². The maximum atomic E-state index is 13.8. The molecule has 2 aliphatic rings. The fourth-order valence-corrected chi connectivity index (χ4v) is 6.11. The number of amides is 1. The fourth-order valence-electron chi connectivity index (χ4n) is 6.11. The number of Topliss-reactive ketones (excluding diaryl/α,β-unsaturated/α-hetero) is 1. The van der Waals surface area contributed by atoms with Crippen LogP contribution < -0.4 is 4.90 Å². The molecule has 2 heterocycles. The maximum Gasteiger partial charge on any atom is 0.241 e. The van der Waals surface area contributed by atoms with Gasteiger partial charge in [-0.25, -0.2) is 0 Å². The van der Waals surface area contributed by atoms with Gasteiger partial charge < -0.3 is 9.80 Å². The van der Waals surface area contributed by atoms with E-state index in [4.69, 9.17) is 0 Å². The molecule has 174 valence electrons. The predicted octanol–water partition coefficient (Wildman–Crippen LogP) is 4.96. The van der Waals surface area contributed by atoms with Crippen molar-refractivity contribution >= 4 is 17.4 Å². The van der Waals surface area contributed by atoms with Crippen LogP contribution in [-0.2, 0) is 20.4 Å². The molecule has 1 fully saturated rings. The summed E-state index contributed by atoms with van der Waals surface area (Å²) in [5, 5.41) is 0. The van der Waals surface area contributed by atoms with E-state index in [1.807, 2.05) is 66.5 Å². The molecule has 4 heteroatoms. The van der Waals surface area contributed by atoms with Gasteiger partial charge in [-0.3, -0.25) is 9.59 Å². The number of carbonyl (C=O) groups excluding carboxylic acids is 2. The second-order valence-electron chi connectivity index (χ2n) is 9.75. The molecular weight excluding hydrogens is 420 g/mol. The number of likely N-dealkylation sites (N-methyl/N-ethyl adjacent to an activating group) is 1. The van der Waals surface area contributed by atoms with E-state index in [-0.39, 0.29) is 11.7 Å². The summed E-state index contributed by atoms with van der Waals surface area (Å²) in [6.45, 7) is 4.25. The average Bonchev–Trinajstić information content (AvgIpc) is 3.11. The Morgan fingerprint density at radius 2 is 1.38 bits per heavy atom. The topological polar surface area (TPSA) is 40.6 Å². The third-order valence-corrected chi connectivity index (χ3v) is 8.17. The first kappa shape index (κ1) is 22.5. The minimum absolute atomic E-state index is 0.138.